The number of hydrogen-bond donors (Lipinski definition) is 1. The molecule has 27 heavy (non-hydrogen) atoms. The largest absolute Gasteiger partial charge is 0.325 e. The van der Waals surface area contributed by atoms with Gasteiger partial charge in [0.1, 0.15) is 6.29 Å². The first-order valence-corrected chi connectivity index (χ1v) is 8.56. The molecule has 3 rings (SSSR count). The van der Waals surface area contributed by atoms with Crippen molar-refractivity contribution in [1.82, 2.24) is 5.32 Å². The average Bonchev–Trinajstić information content (AvgIpc) is 2.91. The lowest BCUT2D eigenvalue weighted by molar-refractivity contribution is 0.0965. The van der Waals surface area contributed by atoms with Crippen LogP contribution in [-0.4, -0.2) is 12.2 Å². The van der Waals surface area contributed by atoms with Crippen LogP contribution in [0.1, 0.15) is 34.1 Å². The third-order valence-electron chi connectivity index (χ3n) is 3.98. The van der Waals surface area contributed by atoms with Crippen molar-refractivity contribution in [2.24, 2.45) is 10.2 Å². The Hall–Kier alpha value is -3.60. The molecule has 0 saturated carbocycles. The van der Waals surface area contributed by atoms with E-state index in [9.17, 15) is 9.59 Å². The van der Waals surface area contributed by atoms with Crippen molar-refractivity contribution in [2.75, 3.05) is 0 Å². The number of rotatable bonds is 5. The van der Waals surface area contributed by atoms with Gasteiger partial charge in [0.05, 0.1) is 11.4 Å². The van der Waals surface area contributed by atoms with Crippen LogP contribution in [0.4, 0.5) is 11.4 Å². The van der Waals surface area contributed by atoms with Crippen LogP contribution in [0.5, 0.6) is 0 Å². The molecule has 0 radical (unpaired) electrons. The molecule has 0 bridgehead atoms. The van der Waals surface area contributed by atoms with Gasteiger partial charge in [0.15, 0.2) is 0 Å². The number of allylic oxidation sites excluding steroid dienone is 5. The number of benzene rings is 2. The predicted molar refractivity (Wildman–Crippen MR) is 106 cm³/mol. The fourth-order valence-electron chi connectivity index (χ4n) is 2.45. The molecule has 5 nitrogen and oxygen atoms in total. The Morgan fingerprint density at radius 1 is 0.963 bits per heavy atom. The molecule has 0 unspecified atom stereocenters. The topological polar surface area (TPSA) is 70.9 Å². The third-order valence-corrected chi connectivity index (χ3v) is 3.98. The SMILES string of the molecule is CC1=CC=C(NC(=O)c2ccc(N=Nc3ccc(C=O)cc3)cc2)CC=C1. The Labute approximate surface area is 157 Å². The summed E-state index contributed by atoms with van der Waals surface area (Å²) in [6.45, 7) is 2.02. The van der Waals surface area contributed by atoms with E-state index in [0.717, 1.165) is 17.6 Å². The predicted octanol–water partition coefficient (Wildman–Crippen LogP) is 5.43. The van der Waals surface area contributed by atoms with Crippen LogP contribution in [0.2, 0.25) is 0 Å². The van der Waals surface area contributed by atoms with E-state index in [1.165, 1.54) is 0 Å². The van der Waals surface area contributed by atoms with E-state index >= 15 is 0 Å². The van der Waals surface area contributed by atoms with E-state index in [1.54, 1.807) is 48.5 Å². The summed E-state index contributed by atoms with van der Waals surface area (Å²) in [7, 11) is 0. The number of aldehydes is 1. The van der Waals surface area contributed by atoms with E-state index in [1.807, 2.05) is 31.2 Å². The molecule has 2 aromatic carbocycles. The lowest BCUT2D eigenvalue weighted by Gasteiger charge is -2.07. The number of nitrogens with one attached hydrogen (secondary N) is 1. The highest BCUT2D eigenvalue weighted by molar-refractivity contribution is 5.95. The molecule has 0 saturated heterocycles. The van der Waals surface area contributed by atoms with Crippen molar-refractivity contribution in [3.63, 3.8) is 0 Å². The summed E-state index contributed by atoms with van der Waals surface area (Å²) < 4.78 is 0. The Balaban J connectivity index is 1.64. The second-order valence-electron chi connectivity index (χ2n) is 6.12. The Morgan fingerprint density at radius 3 is 2.22 bits per heavy atom. The molecule has 1 N–H and O–H groups in total. The monoisotopic (exact) mass is 357 g/mol. The van der Waals surface area contributed by atoms with Crippen LogP contribution < -0.4 is 5.32 Å². The summed E-state index contributed by atoms with van der Waals surface area (Å²) >= 11 is 0. The Morgan fingerprint density at radius 2 is 1.59 bits per heavy atom. The summed E-state index contributed by atoms with van der Waals surface area (Å²) in [5, 5.41) is 11.2. The molecule has 1 aliphatic rings. The van der Waals surface area contributed by atoms with E-state index in [-0.39, 0.29) is 5.91 Å². The number of carbonyl (C=O) groups excluding carboxylic acids is 2. The Bertz CT molecular complexity index is 950. The van der Waals surface area contributed by atoms with Gasteiger partial charge in [0.25, 0.3) is 5.91 Å². The quantitative estimate of drug-likeness (QED) is 0.572. The first kappa shape index (κ1) is 18.2. The molecule has 0 atom stereocenters. The van der Waals surface area contributed by atoms with Crippen molar-refractivity contribution in [1.29, 1.82) is 0 Å². The van der Waals surface area contributed by atoms with Crippen LogP contribution in [0.15, 0.2) is 94.3 Å². The highest BCUT2D eigenvalue weighted by Gasteiger charge is 2.07. The number of carbonyl (C=O) groups is 2. The van der Waals surface area contributed by atoms with E-state index in [2.05, 4.69) is 15.5 Å². The van der Waals surface area contributed by atoms with Crippen LogP contribution in [0.25, 0.3) is 0 Å². The van der Waals surface area contributed by atoms with Crippen LogP contribution in [0.3, 0.4) is 0 Å². The summed E-state index contributed by atoms with van der Waals surface area (Å²) in [6, 6.07) is 13.7. The van der Waals surface area contributed by atoms with Gasteiger partial charge in [0.2, 0.25) is 0 Å². The molecule has 134 valence electrons. The van der Waals surface area contributed by atoms with Crippen molar-refractivity contribution >= 4 is 23.6 Å². The number of hydrogen-bond acceptors (Lipinski definition) is 4. The minimum absolute atomic E-state index is 0.157. The van der Waals surface area contributed by atoms with Gasteiger partial charge in [-0.15, -0.1) is 0 Å². The molecule has 1 aliphatic carbocycles. The van der Waals surface area contributed by atoms with Gasteiger partial charge in [-0.05, 0) is 61.5 Å². The van der Waals surface area contributed by atoms with Crippen molar-refractivity contribution in [2.45, 2.75) is 13.3 Å². The first-order chi connectivity index (χ1) is 13.1. The summed E-state index contributed by atoms with van der Waals surface area (Å²) in [5.41, 5.74) is 4.44. The average molecular weight is 357 g/mol. The second-order valence-corrected chi connectivity index (χ2v) is 6.12. The van der Waals surface area contributed by atoms with Crippen molar-refractivity contribution in [3.8, 4) is 0 Å². The maximum Gasteiger partial charge on any atom is 0.255 e. The molecular weight excluding hydrogens is 338 g/mol. The third kappa shape index (κ3) is 5.19. The molecule has 2 aromatic rings. The Kier molecular flexibility index (Phi) is 5.84. The minimum atomic E-state index is -0.157. The van der Waals surface area contributed by atoms with E-state index in [4.69, 9.17) is 0 Å². The highest BCUT2D eigenvalue weighted by atomic mass is 16.1. The fourth-order valence-corrected chi connectivity index (χ4v) is 2.45. The summed E-state index contributed by atoms with van der Waals surface area (Å²) in [4.78, 5) is 23.0. The van der Waals surface area contributed by atoms with E-state index < -0.39 is 0 Å². The number of amides is 1. The van der Waals surface area contributed by atoms with Crippen molar-refractivity contribution in [3.05, 3.63) is 95.2 Å². The normalized spacial score (nSPS) is 13.7. The van der Waals surface area contributed by atoms with Crippen LogP contribution in [0, 0.1) is 0 Å². The maximum atomic E-state index is 12.4. The van der Waals surface area contributed by atoms with Gasteiger partial charge < -0.3 is 5.32 Å². The first-order valence-electron chi connectivity index (χ1n) is 8.56. The van der Waals surface area contributed by atoms with Gasteiger partial charge in [-0.25, -0.2) is 0 Å². The molecule has 0 aliphatic heterocycles. The van der Waals surface area contributed by atoms with Gasteiger partial charge in [-0.1, -0.05) is 23.8 Å². The van der Waals surface area contributed by atoms with Gasteiger partial charge in [-0.2, -0.15) is 10.2 Å². The van der Waals surface area contributed by atoms with Gasteiger partial charge >= 0.3 is 0 Å². The number of azo groups is 1. The fraction of sp³-hybridized carbons (Fsp3) is 0.0909. The zero-order chi connectivity index (χ0) is 19.1. The molecule has 1 amide bonds. The summed E-state index contributed by atoms with van der Waals surface area (Å²) in [5.74, 6) is -0.157. The molecule has 0 heterocycles. The minimum Gasteiger partial charge on any atom is -0.325 e. The molecule has 5 heteroatoms. The maximum absolute atomic E-state index is 12.4. The zero-order valence-corrected chi connectivity index (χ0v) is 14.9. The molecule has 0 spiro atoms. The highest BCUT2D eigenvalue weighted by Crippen LogP contribution is 2.19. The lowest BCUT2D eigenvalue weighted by Crippen LogP contribution is -2.22. The standard InChI is InChI=1S/C22H19N3O2/c1-16-3-2-4-19(10-5-16)23-22(27)18-8-13-21(14-9-18)25-24-20-11-6-17(15-26)7-12-20/h2-3,5-15H,4H2,1H3,(H,23,27). The van der Waals surface area contributed by atoms with Crippen LogP contribution >= 0.6 is 0 Å². The van der Waals surface area contributed by atoms with E-state index in [0.29, 0.717) is 28.9 Å². The van der Waals surface area contributed by atoms with Gasteiger partial charge in [0, 0.05) is 23.2 Å². The summed E-state index contributed by atoms with van der Waals surface area (Å²) in [6.07, 6.45) is 9.42. The second kappa shape index (κ2) is 8.67. The van der Waals surface area contributed by atoms with Crippen molar-refractivity contribution < 1.29 is 9.59 Å². The smallest absolute Gasteiger partial charge is 0.255 e. The molecular formula is C22H19N3O2. The lowest BCUT2D eigenvalue weighted by atomic mass is 10.2. The van der Waals surface area contributed by atoms with Gasteiger partial charge in [-0.3, -0.25) is 9.59 Å². The number of nitrogens with zero attached hydrogens (tertiary/aromatic N) is 2. The molecule has 0 aromatic heterocycles. The van der Waals surface area contributed by atoms with Crippen LogP contribution in [-0.2, 0) is 0 Å². The molecule has 0 fully saturated rings. The zero-order valence-electron chi connectivity index (χ0n) is 14.9.